The molecule has 0 saturated carbocycles. The van der Waals surface area contributed by atoms with Crippen molar-refractivity contribution in [2.24, 2.45) is 0 Å². The number of aromatic nitrogens is 5. The Morgan fingerprint density at radius 1 is 0.870 bits per heavy atom. The van der Waals surface area contributed by atoms with Crippen LogP contribution in [0.4, 0.5) is 30.8 Å². The number of carbonyl (C=O) groups is 1. The highest BCUT2D eigenvalue weighted by molar-refractivity contribution is 5.86. The van der Waals surface area contributed by atoms with Crippen LogP contribution >= 0.6 is 0 Å². The Morgan fingerprint density at radius 2 is 1.67 bits per heavy atom. The van der Waals surface area contributed by atoms with E-state index in [0.29, 0.717) is 22.8 Å². The third-order valence-electron chi connectivity index (χ3n) is 6.73. The first kappa shape index (κ1) is 29.7. The van der Waals surface area contributed by atoms with Gasteiger partial charge in [0.25, 0.3) is 0 Å². The van der Waals surface area contributed by atoms with E-state index in [1.807, 2.05) is 6.07 Å². The standard InChI is InChI=1S/C32H25F2N7O5/c1-19(2)39-18-28(30(42)41(32(39)44)23-9-6-20(33)7-10-23)46-31(43)38-21-8-11-26(24(34)15-21)45-27-16-22(17-40-25(27)12-14-36-40)37-29-5-3-4-13-35-29/h3-19H,1-2H3,(H,35,37)(H,38,43). The molecule has 2 aromatic carbocycles. The van der Waals surface area contributed by atoms with E-state index in [9.17, 15) is 18.8 Å². The molecule has 232 valence electrons. The molecule has 0 spiro atoms. The molecule has 6 aromatic rings. The molecule has 0 radical (unpaired) electrons. The van der Waals surface area contributed by atoms with Gasteiger partial charge in [-0.1, -0.05) is 6.07 Å². The monoisotopic (exact) mass is 625 g/mol. The summed E-state index contributed by atoms with van der Waals surface area (Å²) in [5.74, 6) is -1.08. The summed E-state index contributed by atoms with van der Waals surface area (Å²) in [6.45, 7) is 3.39. The second kappa shape index (κ2) is 12.4. The number of amides is 1. The number of fused-ring (bicyclic) bond motifs is 1. The second-order valence-electron chi connectivity index (χ2n) is 10.2. The van der Waals surface area contributed by atoms with E-state index >= 15 is 4.39 Å². The first-order valence-corrected chi connectivity index (χ1v) is 13.9. The summed E-state index contributed by atoms with van der Waals surface area (Å²) < 4.78 is 43.4. The zero-order valence-corrected chi connectivity index (χ0v) is 24.3. The maximum atomic E-state index is 15.2. The van der Waals surface area contributed by atoms with Crippen molar-refractivity contribution in [1.29, 1.82) is 0 Å². The van der Waals surface area contributed by atoms with Gasteiger partial charge in [-0.2, -0.15) is 5.10 Å². The van der Waals surface area contributed by atoms with E-state index in [4.69, 9.17) is 9.47 Å². The van der Waals surface area contributed by atoms with Gasteiger partial charge < -0.3 is 14.8 Å². The number of nitrogens with zero attached hydrogens (tertiary/aromatic N) is 5. The second-order valence-corrected chi connectivity index (χ2v) is 10.2. The van der Waals surface area contributed by atoms with Crippen LogP contribution in [0.25, 0.3) is 11.2 Å². The number of rotatable bonds is 8. The smallest absolute Gasteiger partial charge is 0.417 e. The maximum Gasteiger partial charge on any atom is 0.417 e. The van der Waals surface area contributed by atoms with Crippen LogP contribution in [0.5, 0.6) is 17.2 Å². The first-order chi connectivity index (χ1) is 22.2. The maximum absolute atomic E-state index is 15.2. The largest absolute Gasteiger partial charge is 0.452 e. The number of hydrogen-bond donors (Lipinski definition) is 2. The van der Waals surface area contributed by atoms with Gasteiger partial charge in [-0.15, -0.1) is 0 Å². The molecule has 14 heteroatoms. The molecule has 4 aromatic heterocycles. The molecule has 2 N–H and O–H groups in total. The lowest BCUT2D eigenvalue weighted by atomic mass is 10.2. The Kier molecular flexibility index (Phi) is 7.99. The van der Waals surface area contributed by atoms with Gasteiger partial charge in [-0.05, 0) is 68.4 Å². The fourth-order valence-corrected chi connectivity index (χ4v) is 4.56. The van der Waals surface area contributed by atoms with Crippen molar-refractivity contribution in [2.45, 2.75) is 19.9 Å². The molecule has 0 bridgehead atoms. The fourth-order valence-electron chi connectivity index (χ4n) is 4.56. The Morgan fingerprint density at radius 3 is 2.39 bits per heavy atom. The zero-order chi connectivity index (χ0) is 32.4. The molecule has 0 aliphatic rings. The molecule has 0 aliphatic heterocycles. The van der Waals surface area contributed by atoms with E-state index in [0.717, 1.165) is 29.0 Å². The molecule has 0 saturated heterocycles. The summed E-state index contributed by atoms with van der Waals surface area (Å²) in [5.41, 5.74) is -0.390. The molecule has 12 nitrogen and oxygen atoms in total. The molecule has 6 rings (SSSR count). The first-order valence-electron chi connectivity index (χ1n) is 13.9. The number of nitrogens with one attached hydrogen (secondary N) is 2. The topological polar surface area (TPSA) is 134 Å². The predicted octanol–water partition coefficient (Wildman–Crippen LogP) is 6.05. The lowest BCUT2D eigenvalue weighted by molar-refractivity contribution is 0.213. The van der Waals surface area contributed by atoms with Crippen LogP contribution in [0.2, 0.25) is 0 Å². The van der Waals surface area contributed by atoms with Gasteiger partial charge in [-0.25, -0.2) is 32.4 Å². The van der Waals surface area contributed by atoms with Crippen LogP contribution in [0, 0.1) is 11.6 Å². The van der Waals surface area contributed by atoms with Gasteiger partial charge in [0.2, 0.25) is 5.75 Å². The number of hydrogen-bond acceptors (Lipinski definition) is 8. The minimum atomic E-state index is -1.11. The van der Waals surface area contributed by atoms with Crippen molar-refractivity contribution >= 4 is 28.8 Å². The third kappa shape index (κ3) is 6.17. The van der Waals surface area contributed by atoms with Crippen LogP contribution in [-0.4, -0.2) is 29.8 Å². The average Bonchev–Trinajstić information content (AvgIpc) is 3.50. The number of pyridine rings is 2. The normalized spacial score (nSPS) is 11.1. The average molecular weight is 626 g/mol. The van der Waals surface area contributed by atoms with Crippen LogP contribution in [0.1, 0.15) is 19.9 Å². The Labute approximate surface area is 259 Å². The number of anilines is 3. The van der Waals surface area contributed by atoms with E-state index in [1.54, 1.807) is 61.2 Å². The predicted molar refractivity (Wildman–Crippen MR) is 165 cm³/mol. The molecule has 0 unspecified atom stereocenters. The van der Waals surface area contributed by atoms with Gasteiger partial charge >= 0.3 is 17.3 Å². The molecular weight excluding hydrogens is 600 g/mol. The number of halogens is 2. The Bertz CT molecular complexity index is 2180. The minimum Gasteiger partial charge on any atom is -0.452 e. The summed E-state index contributed by atoms with van der Waals surface area (Å²) >= 11 is 0. The highest BCUT2D eigenvalue weighted by Gasteiger charge is 2.19. The number of carbonyl (C=O) groups excluding carboxylic acids is 1. The number of ether oxygens (including phenoxy) is 2. The third-order valence-corrected chi connectivity index (χ3v) is 6.73. The van der Waals surface area contributed by atoms with Crippen molar-refractivity contribution in [3.05, 3.63) is 130 Å². The Hall–Kier alpha value is -6.31. The molecule has 46 heavy (non-hydrogen) atoms. The highest BCUT2D eigenvalue weighted by atomic mass is 19.1. The van der Waals surface area contributed by atoms with E-state index in [2.05, 4.69) is 20.7 Å². The van der Waals surface area contributed by atoms with E-state index in [-0.39, 0.29) is 17.1 Å². The fraction of sp³-hybridized carbons (Fsp3) is 0.0938. The summed E-state index contributed by atoms with van der Waals surface area (Å²) in [5, 5.41) is 9.75. The Balaban J connectivity index is 1.22. The van der Waals surface area contributed by atoms with Crippen LogP contribution in [0.3, 0.4) is 0 Å². The van der Waals surface area contributed by atoms with Crippen LogP contribution in [0.15, 0.2) is 107 Å². The van der Waals surface area contributed by atoms with Gasteiger partial charge in [0.15, 0.2) is 17.3 Å². The summed E-state index contributed by atoms with van der Waals surface area (Å²) in [6, 6.07) is 16.8. The molecule has 4 heterocycles. The number of benzene rings is 2. The van der Waals surface area contributed by atoms with E-state index in [1.165, 1.54) is 28.8 Å². The molecular formula is C32H25F2N7O5. The van der Waals surface area contributed by atoms with Crippen LogP contribution < -0.4 is 31.4 Å². The highest BCUT2D eigenvalue weighted by Crippen LogP contribution is 2.32. The van der Waals surface area contributed by atoms with Gasteiger partial charge in [0.1, 0.15) is 17.2 Å². The SMILES string of the molecule is CC(C)n1cc(OC(=O)Nc2ccc(Oc3cc(Nc4ccccn4)cn4nccc34)c(F)c2)c(=O)n(-c2ccc(F)cc2)c1=O. The van der Waals surface area contributed by atoms with Crippen molar-refractivity contribution in [2.75, 3.05) is 10.6 Å². The molecule has 0 aliphatic carbocycles. The van der Waals surface area contributed by atoms with Crippen molar-refractivity contribution in [3.8, 4) is 22.9 Å². The molecule has 0 atom stereocenters. The summed E-state index contributed by atoms with van der Waals surface area (Å²) in [6.07, 6.45) is 4.94. The minimum absolute atomic E-state index is 0.00552. The lowest BCUT2D eigenvalue weighted by Crippen LogP contribution is -2.40. The summed E-state index contributed by atoms with van der Waals surface area (Å²) in [7, 11) is 0. The van der Waals surface area contributed by atoms with Gasteiger partial charge in [-0.3, -0.25) is 14.7 Å². The van der Waals surface area contributed by atoms with E-state index < -0.39 is 40.8 Å². The van der Waals surface area contributed by atoms with Crippen molar-refractivity contribution in [1.82, 2.24) is 23.7 Å². The molecule has 1 amide bonds. The van der Waals surface area contributed by atoms with Crippen molar-refractivity contribution < 1.29 is 23.0 Å². The van der Waals surface area contributed by atoms with Gasteiger partial charge in [0, 0.05) is 30.1 Å². The van der Waals surface area contributed by atoms with Gasteiger partial charge in [0.05, 0.1) is 30.0 Å². The van der Waals surface area contributed by atoms with Crippen molar-refractivity contribution in [3.63, 3.8) is 0 Å². The van der Waals surface area contributed by atoms with Crippen LogP contribution in [-0.2, 0) is 0 Å². The lowest BCUT2D eigenvalue weighted by Gasteiger charge is -2.16. The zero-order valence-electron chi connectivity index (χ0n) is 24.3. The molecule has 0 fully saturated rings. The quantitative estimate of drug-likeness (QED) is 0.209. The summed E-state index contributed by atoms with van der Waals surface area (Å²) in [4.78, 5) is 43.2.